The third-order valence-electron chi connectivity index (χ3n) is 5.12. The van der Waals surface area contributed by atoms with Gasteiger partial charge in [-0.05, 0) is 48.3 Å². The summed E-state index contributed by atoms with van der Waals surface area (Å²) in [5, 5.41) is 14.0. The molecule has 24 heavy (non-hydrogen) atoms. The molecular weight excluding hydrogens is 342 g/mol. The summed E-state index contributed by atoms with van der Waals surface area (Å²) in [5.41, 5.74) is 11.1. The van der Waals surface area contributed by atoms with Crippen LogP contribution in [0.15, 0.2) is 48.5 Å². The number of fused-ring (bicyclic) bond motifs is 3. The summed E-state index contributed by atoms with van der Waals surface area (Å²) in [5.74, 6) is -0.0601. The zero-order valence-electron chi connectivity index (χ0n) is 12.9. The van der Waals surface area contributed by atoms with Gasteiger partial charge >= 0.3 is 0 Å². The number of halogens is 1. The Morgan fingerprint density at radius 2 is 1.96 bits per heavy atom. The Hall–Kier alpha value is -1.66. The number of nitrogens with zero attached hydrogens (tertiary/aromatic N) is 1. The van der Waals surface area contributed by atoms with Gasteiger partial charge in [-0.3, -0.25) is 0 Å². The third kappa shape index (κ3) is 2.24. The fraction of sp³-hybridized carbons (Fsp3) is 0.278. The van der Waals surface area contributed by atoms with Gasteiger partial charge in [0, 0.05) is 16.5 Å². The molecule has 2 aromatic rings. The van der Waals surface area contributed by atoms with Crippen molar-refractivity contribution in [1.82, 2.24) is 10.4 Å². The molecule has 4 N–H and O–H groups in total. The minimum Gasteiger partial charge on any atom is -0.375 e. The molecule has 0 bridgehead atoms. The molecule has 1 fully saturated rings. The molecule has 2 aromatic carbocycles. The lowest BCUT2D eigenvalue weighted by Gasteiger charge is -2.41. The van der Waals surface area contributed by atoms with Crippen molar-refractivity contribution in [3.05, 3.63) is 70.2 Å². The Bertz CT molecular complexity index is 797. The maximum Gasteiger partial charge on any atom is 0.185 e. The number of hydrogen-bond acceptors (Lipinski definition) is 3. The van der Waals surface area contributed by atoms with Crippen molar-refractivity contribution in [1.29, 1.82) is 0 Å². The van der Waals surface area contributed by atoms with Gasteiger partial charge in [0.25, 0.3) is 0 Å². The lowest BCUT2D eigenvalue weighted by atomic mass is 9.73. The first-order chi connectivity index (χ1) is 11.5. The second-order valence-corrected chi connectivity index (χ2v) is 7.22. The number of thiocarbonyl (C=S) groups is 1. The van der Waals surface area contributed by atoms with Crippen molar-refractivity contribution in [3.63, 3.8) is 0 Å². The molecule has 2 aliphatic rings. The van der Waals surface area contributed by atoms with Gasteiger partial charge in [-0.25, -0.2) is 10.4 Å². The summed E-state index contributed by atoms with van der Waals surface area (Å²) in [6, 6.07) is 15.5. The molecule has 0 radical (unpaired) electrons. The molecular formula is C18H18ClN3OS. The van der Waals surface area contributed by atoms with E-state index in [1.165, 1.54) is 0 Å². The molecule has 1 aliphatic heterocycles. The van der Waals surface area contributed by atoms with Crippen LogP contribution in [0.4, 0.5) is 0 Å². The summed E-state index contributed by atoms with van der Waals surface area (Å²) in [6.07, 6.45) is 1.76. The monoisotopic (exact) mass is 359 g/mol. The number of rotatable bonds is 1. The van der Waals surface area contributed by atoms with Crippen LogP contribution in [0.5, 0.6) is 0 Å². The topological polar surface area (TPSA) is 61.5 Å². The highest BCUT2D eigenvalue weighted by atomic mass is 35.5. The summed E-state index contributed by atoms with van der Waals surface area (Å²) in [4.78, 5) is 0. The first kappa shape index (κ1) is 15.8. The first-order valence-electron chi connectivity index (χ1n) is 7.94. The minimum atomic E-state index is -1.25. The van der Waals surface area contributed by atoms with Crippen molar-refractivity contribution < 1.29 is 5.11 Å². The molecule has 124 valence electrons. The van der Waals surface area contributed by atoms with E-state index in [4.69, 9.17) is 29.6 Å². The van der Waals surface area contributed by atoms with Crippen LogP contribution < -0.4 is 11.2 Å². The highest BCUT2D eigenvalue weighted by Gasteiger charge is 2.57. The van der Waals surface area contributed by atoms with Crippen LogP contribution in [0, 0.1) is 5.92 Å². The smallest absolute Gasteiger partial charge is 0.185 e. The van der Waals surface area contributed by atoms with Gasteiger partial charge in [-0.1, -0.05) is 48.0 Å². The second kappa shape index (κ2) is 5.70. The molecule has 6 heteroatoms. The van der Waals surface area contributed by atoms with E-state index in [0.717, 1.165) is 29.5 Å². The highest BCUT2D eigenvalue weighted by molar-refractivity contribution is 7.80. The van der Waals surface area contributed by atoms with E-state index < -0.39 is 5.72 Å². The number of aliphatic hydroxyl groups is 1. The van der Waals surface area contributed by atoms with Crippen LogP contribution in [0.2, 0.25) is 5.02 Å². The molecule has 0 saturated carbocycles. The van der Waals surface area contributed by atoms with Gasteiger partial charge in [0.2, 0.25) is 0 Å². The fourth-order valence-electron chi connectivity index (χ4n) is 4.03. The van der Waals surface area contributed by atoms with Crippen molar-refractivity contribution >= 4 is 28.9 Å². The highest BCUT2D eigenvalue weighted by Crippen LogP contribution is 2.51. The quantitative estimate of drug-likeness (QED) is 0.683. The maximum absolute atomic E-state index is 11.6. The van der Waals surface area contributed by atoms with Crippen LogP contribution in [-0.4, -0.2) is 15.2 Å². The first-order valence-corrected chi connectivity index (χ1v) is 8.72. The maximum atomic E-state index is 11.6. The molecule has 0 aromatic heterocycles. The number of nitrogens with one attached hydrogen (secondary N) is 1. The predicted molar refractivity (Wildman–Crippen MR) is 98.1 cm³/mol. The molecule has 1 saturated heterocycles. The predicted octanol–water partition coefficient (Wildman–Crippen LogP) is 2.85. The summed E-state index contributed by atoms with van der Waals surface area (Å²) < 4.78 is 0. The number of benzene rings is 2. The average Bonchev–Trinajstić information content (AvgIpc) is 2.89. The molecule has 1 aliphatic carbocycles. The van der Waals surface area contributed by atoms with E-state index in [-0.39, 0.29) is 17.1 Å². The Balaban J connectivity index is 1.83. The largest absolute Gasteiger partial charge is 0.375 e. The van der Waals surface area contributed by atoms with Crippen molar-refractivity contribution in [2.24, 2.45) is 11.7 Å². The Labute approximate surface area is 151 Å². The van der Waals surface area contributed by atoms with Crippen LogP contribution in [0.25, 0.3) is 0 Å². The van der Waals surface area contributed by atoms with E-state index in [2.05, 4.69) is 11.5 Å². The lowest BCUT2D eigenvalue weighted by Crippen LogP contribution is -2.54. The van der Waals surface area contributed by atoms with Crippen LogP contribution in [0.1, 0.15) is 29.2 Å². The Morgan fingerprint density at radius 3 is 2.67 bits per heavy atom. The van der Waals surface area contributed by atoms with Gasteiger partial charge in [0.1, 0.15) is 0 Å². The van der Waals surface area contributed by atoms with Crippen LogP contribution in [0.3, 0.4) is 0 Å². The van der Waals surface area contributed by atoms with Crippen LogP contribution >= 0.6 is 23.8 Å². The van der Waals surface area contributed by atoms with E-state index in [1.54, 1.807) is 5.01 Å². The van der Waals surface area contributed by atoms with Gasteiger partial charge in [-0.2, -0.15) is 0 Å². The van der Waals surface area contributed by atoms with Gasteiger partial charge in [0.15, 0.2) is 10.8 Å². The van der Waals surface area contributed by atoms with E-state index in [0.29, 0.717) is 5.02 Å². The third-order valence-corrected chi connectivity index (χ3v) is 5.55. The molecule has 1 heterocycles. The number of aryl methyl sites for hydroxylation is 1. The number of hydrazine groups is 1. The van der Waals surface area contributed by atoms with Gasteiger partial charge < -0.3 is 10.8 Å². The average molecular weight is 360 g/mol. The molecule has 3 unspecified atom stereocenters. The molecule has 4 rings (SSSR count). The summed E-state index contributed by atoms with van der Waals surface area (Å²) in [6.45, 7) is 0. The van der Waals surface area contributed by atoms with Crippen molar-refractivity contribution in [2.75, 3.05) is 0 Å². The number of hydrogen-bond donors (Lipinski definition) is 3. The Kier molecular flexibility index (Phi) is 3.77. The van der Waals surface area contributed by atoms with Crippen molar-refractivity contribution in [3.8, 4) is 0 Å². The normalized spacial score (nSPS) is 28.3. The summed E-state index contributed by atoms with van der Waals surface area (Å²) in [7, 11) is 0. The molecule has 4 nitrogen and oxygen atoms in total. The van der Waals surface area contributed by atoms with E-state index in [1.807, 2.05) is 42.5 Å². The molecule has 0 amide bonds. The minimum absolute atomic E-state index is 0.0601. The second-order valence-electron chi connectivity index (χ2n) is 6.36. The summed E-state index contributed by atoms with van der Waals surface area (Å²) >= 11 is 11.2. The van der Waals surface area contributed by atoms with E-state index in [9.17, 15) is 5.11 Å². The lowest BCUT2D eigenvalue weighted by molar-refractivity contribution is -0.103. The van der Waals surface area contributed by atoms with Crippen molar-refractivity contribution in [2.45, 2.75) is 24.6 Å². The zero-order valence-corrected chi connectivity index (χ0v) is 14.5. The van der Waals surface area contributed by atoms with Gasteiger partial charge in [-0.15, -0.1) is 0 Å². The standard InChI is InChI=1S/C18H18ClN3OS/c19-13-8-5-12(6-9-13)16-15-10-7-11-3-1-2-4-14(11)18(15,23)22(21-16)17(20)24/h1-6,8-9,15-16,21,23H,7,10H2,(H2,20,24). The Morgan fingerprint density at radius 1 is 1.25 bits per heavy atom. The van der Waals surface area contributed by atoms with Crippen LogP contribution in [-0.2, 0) is 12.1 Å². The van der Waals surface area contributed by atoms with E-state index >= 15 is 0 Å². The number of nitrogens with two attached hydrogens (primary N) is 1. The molecule has 0 spiro atoms. The molecule has 3 atom stereocenters. The van der Waals surface area contributed by atoms with Gasteiger partial charge in [0.05, 0.1) is 6.04 Å². The SMILES string of the molecule is NC(=S)N1NC(c2ccc(Cl)cc2)C2CCc3ccccc3C21O. The zero-order chi connectivity index (χ0) is 16.9. The fourth-order valence-corrected chi connectivity index (χ4v) is 4.35.